The lowest BCUT2D eigenvalue weighted by Gasteiger charge is -2.60. The largest absolute Gasteiger partial charge is 0.497 e. The zero-order valence-corrected chi connectivity index (χ0v) is 21.4. The molecule has 4 heterocycles. The van der Waals surface area contributed by atoms with Crippen molar-refractivity contribution in [3.05, 3.63) is 29.8 Å². The van der Waals surface area contributed by atoms with Gasteiger partial charge in [0.05, 0.1) is 20.3 Å². The zero-order valence-electron chi connectivity index (χ0n) is 21.4. The van der Waals surface area contributed by atoms with Gasteiger partial charge in [0, 0.05) is 24.7 Å². The molecule has 0 amide bonds. The van der Waals surface area contributed by atoms with Crippen LogP contribution in [0.15, 0.2) is 24.3 Å². The van der Waals surface area contributed by atoms with E-state index in [-0.39, 0.29) is 30.3 Å². The SMILES string of the molecule is COC(=O)CCC(O[C@@H]1O[C@@H]2OC3(C)CC[C@H]4[C@H](C)CCC([C@H]1C)C24OO3)c1ccc(OC)cc1. The Morgan fingerprint density at radius 2 is 1.86 bits per heavy atom. The van der Waals surface area contributed by atoms with Gasteiger partial charge in [0.2, 0.25) is 5.79 Å². The van der Waals surface area contributed by atoms with E-state index in [9.17, 15) is 4.79 Å². The van der Waals surface area contributed by atoms with Crippen molar-refractivity contribution in [1.29, 1.82) is 0 Å². The van der Waals surface area contributed by atoms with Gasteiger partial charge in [-0.15, -0.1) is 0 Å². The highest BCUT2D eigenvalue weighted by Crippen LogP contribution is 2.60. The quantitative estimate of drug-likeness (QED) is 0.394. The number of carbonyl (C=O) groups excluding carboxylic acids is 1. The third kappa shape index (κ3) is 4.37. The fraction of sp³-hybridized carbons (Fsp3) is 0.741. The Kier molecular flexibility index (Phi) is 6.87. The lowest BCUT2D eigenvalue weighted by Crippen LogP contribution is -2.70. The molecule has 6 rings (SSSR count). The molecule has 35 heavy (non-hydrogen) atoms. The Morgan fingerprint density at radius 3 is 2.57 bits per heavy atom. The van der Waals surface area contributed by atoms with E-state index in [1.165, 1.54) is 7.11 Å². The van der Waals surface area contributed by atoms with Crippen LogP contribution in [-0.4, -0.2) is 44.2 Å². The third-order valence-corrected chi connectivity index (χ3v) is 8.72. The van der Waals surface area contributed by atoms with Crippen molar-refractivity contribution >= 4 is 5.97 Å². The van der Waals surface area contributed by atoms with Crippen LogP contribution in [-0.2, 0) is 33.5 Å². The number of carbonyl (C=O) groups is 1. The molecule has 9 atom stereocenters. The first-order valence-corrected chi connectivity index (χ1v) is 12.9. The summed E-state index contributed by atoms with van der Waals surface area (Å²) >= 11 is 0. The molecule has 1 aromatic carbocycles. The maximum Gasteiger partial charge on any atom is 0.305 e. The number of esters is 1. The van der Waals surface area contributed by atoms with Gasteiger partial charge in [-0.1, -0.05) is 26.0 Å². The first-order chi connectivity index (χ1) is 16.8. The van der Waals surface area contributed by atoms with E-state index < -0.39 is 24.0 Å². The van der Waals surface area contributed by atoms with Crippen LogP contribution in [0.3, 0.4) is 0 Å². The van der Waals surface area contributed by atoms with E-state index in [0.29, 0.717) is 18.3 Å². The number of benzene rings is 1. The van der Waals surface area contributed by atoms with Gasteiger partial charge in [-0.3, -0.25) is 4.79 Å². The molecule has 0 radical (unpaired) electrons. The van der Waals surface area contributed by atoms with Crippen molar-refractivity contribution in [2.24, 2.45) is 23.7 Å². The molecule has 1 saturated carbocycles. The van der Waals surface area contributed by atoms with Crippen LogP contribution in [0.5, 0.6) is 5.75 Å². The summed E-state index contributed by atoms with van der Waals surface area (Å²) in [6.07, 6.45) is 3.17. The van der Waals surface area contributed by atoms with E-state index in [2.05, 4.69) is 13.8 Å². The molecule has 2 bridgehead atoms. The van der Waals surface area contributed by atoms with Gasteiger partial charge < -0.3 is 23.7 Å². The lowest BCUT2D eigenvalue weighted by atomic mass is 9.58. The van der Waals surface area contributed by atoms with E-state index in [0.717, 1.165) is 37.0 Å². The highest BCUT2D eigenvalue weighted by molar-refractivity contribution is 5.69. The van der Waals surface area contributed by atoms with E-state index in [4.69, 9.17) is 33.5 Å². The number of ether oxygens (including phenoxy) is 5. The molecule has 4 saturated heterocycles. The Morgan fingerprint density at radius 1 is 1.09 bits per heavy atom. The van der Waals surface area contributed by atoms with Gasteiger partial charge in [0.25, 0.3) is 0 Å². The number of methoxy groups -OCH3 is 2. The van der Waals surface area contributed by atoms with E-state index in [1.807, 2.05) is 31.2 Å². The molecule has 1 aromatic rings. The number of hydrogen-bond donors (Lipinski definition) is 0. The fourth-order valence-electron chi connectivity index (χ4n) is 6.67. The third-order valence-electron chi connectivity index (χ3n) is 8.72. The highest BCUT2D eigenvalue weighted by atomic mass is 17.3. The molecule has 5 fully saturated rings. The number of fused-ring (bicyclic) bond motifs is 2. The summed E-state index contributed by atoms with van der Waals surface area (Å²) in [6.45, 7) is 6.39. The van der Waals surface area contributed by atoms with Gasteiger partial charge in [0.15, 0.2) is 18.2 Å². The smallest absolute Gasteiger partial charge is 0.305 e. The lowest BCUT2D eigenvalue weighted by molar-refractivity contribution is -0.578. The minimum absolute atomic E-state index is 0.0507. The van der Waals surface area contributed by atoms with Crippen molar-refractivity contribution in [3.63, 3.8) is 0 Å². The van der Waals surface area contributed by atoms with Crippen LogP contribution >= 0.6 is 0 Å². The molecule has 1 spiro atoms. The van der Waals surface area contributed by atoms with E-state index in [1.54, 1.807) is 7.11 Å². The normalized spacial score (nSPS) is 40.9. The van der Waals surface area contributed by atoms with Crippen molar-refractivity contribution < 1.29 is 38.3 Å². The van der Waals surface area contributed by atoms with Crippen molar-refractivity contribution in [2.75, 3.05) is 14.2 Å². The van der Waals surface area contributed by atoms with Gasteiger partial charge in [-0.05, 0) is 62.1 Å². The molecule has 0 N–H and O–H groups in total. The summed E-state index contributed by atoms with van der Waals surface area (Å²) in [7, 11) is 3.04. The second kappa shape index (κ2) is 9.63. The van der Waals surface area contributed by atoms with Crippen LogP contribution in [0.2, 0.25) is 0 Å². The first kappa shape index (κ1) is 25.0. The topological polar surface area (TPSA) is 81.7 Å². The molecular formula is C27H38O8. The second-order valence-corrected chi connectivity index (χ2v) is 10.8. The molecule has 8 nitrogen and oxygen atoms in total. The Labute approximate surface area is 207 Å². The van der Waals surface area contributed by atoms with Crippen molar-refractivity contribution in [1.82, 2.24) is 0 Å². The molecule has 194 valence electrons. The van der Waals surface area contributed by atoms with Crippen molar-refractivity contribution in [2.45, 2.75) is 89.4 Å². The maximum absolute atomic E-state index is 11.9. The molecule has 4 unspecified atom stereocenters. The predicted octanol–water partition coefficient (Wildman–Crippen LogP) is 4.91. The minimum Gasteiger partial charge on any atom is -0.497 e. The number of hydrogen-bond acceptors (Lipinski definition) is 8. The standard InChI is InChI=1S/C27H38O8/c1-16-6-11-21-17(2)24(32-25-27(21)20(16)14-15-26(3,33-25)34-35-27)31-22(12-13-23(28)30-5)18-7-9-19(29-4)10-8-18/h7-10,16-17,20-22,24-25H,6,11-15H2,1-5H3/t16-,17-,20+,21?,22?,24-,25-,26?,27?/m1/s1. The fourth-order valence-corrected chi connectivity index (χ4v) is 6.67. The van der Waals surface area contributed by atoms with Gasteiger partial charge >= 0.3 is 5.97 Å². The maximum atomic E-state index is 11.9. The van der Waals surface area contributed by atoms with Crippen LogP contribution in [0.25, 0.3) is 0 Å². The molecular weight excluding hydrogens is 452 g/mol. The average Bonchev–Trinajstić information content (AvgIpc) is 3.10. The molecule has 0 aromatic heterocycles. The first-order valence-electron chi connectivity index (χ1n) is 12.9. The zero-order chi connectivity index (χ0) is 24.8. The summed E-state index contributed by atoms with van der Waals surface area (Å²) in [4.78, 5) is 24.1. The predicted molar refractivity (Wildman–Crippen MR) is 125 cm³/mol. The Hall–Kier alpha value is -1.71. The van der Waals surface area contributed by atoms with Crippen molar-refractivity contribution in [3.8, 4) is 5.75 Å². The summed E-state index contributed by atoms with van der Waals surface area (Å²) in [5, 5.41) is 0. The van der Waals surface area contributed by atoms with Gasteiger partial charge in [-0.25, -0.2) is 9.78 Å². The molecule has 8 heteroatoms. The average molecular weight is 491 g/mol. The van der Waals surface area contributed by atoms with Crippen LogP contribution in [0.4, 0.5) is 0 Å². The Balaban J connectivity index is 1.42. The molecule has 5 aliphatic rings. The van der Waals surface area contributed by atoms with Crippen LogP contribution < -0.4 is 4.74 Å². The van der Waals surface area contributed by atoms with Crippen LogP contribution in [0, 0.1) is 23.7 Å². The summed E-state index contributed by atoms with van der Waals surface area (Å²) in [5.41, 5.74) is 0.324. The summed E-state index contributed by atoms with van der Waals surface area (Å²) in [6, 6.07) is 7.74. The van der Waals surface area contributed by atoms with Crippen LogP contribution in [0.1, 0.15) is 71.0 Å². The summed E-state index contributed by atoms with van der Waals surface area (Å²) in [5.74, 6) is 0.693. The Bertz CT molecular complexity index is 905. The molecule has 1 aliphatic carbocycles. The second-order valence-electron chi connectivity index (χ2n) is 10.8. The van der Waals surface area contributed by atoms with E-state index >= 15 is 0 Å². The highest BCUT2D eigenvalue weighted by Gasteiger charge is 2.69. The monoisotopic (exact) mass is 490 g/mol. The van der Waals surface area contributed by atoms with Gasteiger partial charge in [0.1, 0.15) is 5.75 Å². The van der Waals surface area contributed by atoms with Gasteiger partial charge in [-0.2, -0.15) is 0 Å². The summed E-state index contributed by atoms with van der Waals surface area (Å²) < 4.78 is 29.9. The molecule has 4 aliphatic heterocycles. The number of rotatable bonds is 7. The minimum atomic E-state index is -0.830.